The molecule has 0 aromatic heterocycles. The first-order valence-electron chi connectivity index (χ1n) is 6.47. The molecule has 0 saturated carbocycles. The van der Waals surface area contributed by atoms with E-state index in [9.17, 15) is 5.11 Å². The number of rotatable bonds is 2. The molecule has 1 aromatic rings. The fraction of sp³-hybridized carbons (Fsp3) is 0.467. The topological polar surface area (TPSA) is 29.5 Å². The van der Waals surface area contributed by atoms with E-state index in [0.29, 0.717) is 0 Å². The van der Waals surface area contributed by atoms with Gasteiger partial charge in [-0.25, -0.2) is 0 Å². The lowest BCUT2D eigenvalue weighted by atomic mass is 10.1. The quantitative estimate of drug-likeness (QED) is 0.791. The van der Waals surface area contributed by atoms with Gasteiger partial charge in [0.25, 0.3) is 0 Å². The van der Waals surface area contributed by atoms with Gasteiger partial charge in [-0.15, -0.1) is 0 Å². The molecule has 0 saturated heterocycles. The first kappa shape index (κ1) is 10.8. The van der Waals surface area contributed by atoms with Crippen LogP contribution in [0, 0.1) is 0 Å². The molecule has 2 aliphatic rings. The minimum atomic E-state index is -0.270. The molecule has 3 rings (SSSR count). The number of allylic oxidation sites excluding steroid dienone is 1. The molecule has 2 atom stereocenters. The van der Waals surface area contributed by atoms with E-state index in [1.54, 1.807) is 0 Å². The maximum absolute atomic E-state index is 9.74. The zero-order chi connectivity index (χ0) is 11.7. The third kappa shape index (κ3) is 2.22. The summed E-state index contributed by atoms with van der Waals surface area (Å²) in [7, 11) is 0. The SMILES string of the molecule is O[C@H]1CCc2cc(OC3C=CCCC3)ccc21. The van der Waals surface area contributed by atoms with Gasteiger partial charge in [0.1, 0.15) is 11.9 Å². The summed E-state index contributed by atoms with van der Waals surface area (Å²) in [5, 5.41) is 9.74. The first-order chi connectivity index (χ1) is 8.33. The minimum absolute atomic E-state index is 0.230. The molecule has 17 heavy (non-hydrogen) atoms. The van der Waals surface area contributed by atoms with Crippen molar-refractivity contribution in [2.45, 2.75) is 44.3 Å². The monoisotopic (exact) mass is 230 g/mol. The Hall–Kier alpha value is -1.28. The summed E-state index contributed by atoms with van der Waals surface area (Å²) in [6, 6.07) is 6.08. The van der Waals surface area contributed by atoms with Crippen molar-refractivity contribution in [1.29, 1.82) is 0 Å². The molecule has 2 nitrogen and oxygen atoms in total. The molecule has 0 bridgehead atoms. The number of aliphatic hydroxyl groups excluding tert-OH is 1. The minimum Gasteiger partial charge on any atom is -0.486 e. The van der Waals surface area contributed by atoms with Crippen LogP contribution in [0.5, 0.6) is 5.75 Å². The molecule has 90 valence electrons. The highest BCUT2D eigenvalue weighted by Crippen LogP contribution is 2.33. The molecule has 2 aliphatic carbocycles. The Labute approximate surface area is 102 Å². The number of ether oxygens (including phenoxy) is 1. The summed E-state index contributed by atoms with van der Waals surface area (Å²) in [5.41, 5.74) is 2.33. The van der Waals surface area contributed by atoms with Gasteiger partial charge < -0.3 is 9.84 Å². The maximum atomic E-state index is 9.74. The summed E-state index contributed by atoms with van der Waals surface area (Å²) < 4.78 is 5.95. The number of aliphatic hydroxyl groups is 1. The van der Waals surface area contributed by atoms with Crippen LogP contribution in [0.4, 0.5) is 0 Å². The second kappa shape index (κ2) is 4.53. The molecule has 1 N–H and O–H groups in total. The zero-order valence-corrected chi connectivity index (χ0v) is 9.93. The Balaban J connectivity index is 1.76. The Bertz CT molecular complexity index is 437. The summed E-state index contributed by atoms with van der Waals surface area (Å²) >= 11 is 0. The van der Waals surface area contributed by atoms with Crippen molar-refractivity contribution < 1.29 is 9.84 Å². The van der Waals surface area contributed by atoms with Crippen LogP contribution in [-0.4, -0.2) is 11.2 Å². The smallest absolute Gasteiger partial charge is 0.120 e. The third-order valence-electron chi connectivity index (χ3n) is 3.66. The number of aryl methyl sites for hydroxylation is 1. The van der Waals surface area contributed by atoms with Gasteiger partial charge in [0, 0.05) is 0 Å². The number of hydrogen-bond acceptors (Lipinski definition) is 2. The number of fused-ring (bicyclic) bond motifs is 1. The van der Waals surface area contributed by atoms with E-state index in [1.807, 2.05) is 12.1 Å². The van der Waals surface area contributed by atoms with Gasteiger partial charge in [-0.05, 0) is 61.4 Å². The molecule has 0 spiro atoms. The van der Waals surface area contributed by atoms with Crippen LogP contribution in [-0.2, 0) is 6.42 Å². The van der Waals surface area contributed by atoms with Gasteiger partial charge >= 0.3 is 0 Å². The summed E-state index contributed by atoms with van der Waals surface area (Å²) in [6.07, 6.45) is 9.63. The molecule has 0 fully saturated rings. The van der Waals surface area contributed by atoms with Gasteiger partial charge in [0.15, 0.2) is 0 Å². The average Bonchev–Trinajstić information content (AvgIpc) is 2.72. The van der Waals surface area contributed by atoms with Crippen molar-refractivity contribution in [2.75, 3.05) is 0 Å². The van der Waals surface area contributed by atoms with Crippen LogP contribution in [0.25, 0.3) is 0 Å². The fourth-order valence-electron chi connectivity index (χ4n) is 2.70. The van der Waals surface area contributed by atoms with Crippen molar-refractivity contribution in [2.24, 2.45) is 0 Å². The first-order valence-corrected chi connectivity index (χ1v) is 6.47. The second-order valence-electron chi connectivity index (χ2n) is 4.93. The zero-order valence-electron chi connectivity index (χ0n) is 9.93. The third-order valence-corrected chi connectivity index (χ3v) is 3.66. The van der Waals surface area contributed by atoms with Crippen molar-refractivity contribution in [3.05, 3.63) is 41.5 Å². The molecular weight excluding hydrogens is 212 g/mol. The molecule has 1 unspecified atom stereocenters. The molecular formula is C15H18O2. The van der Waals surface area contributed by atoms with Crippen molar-refractivity contribution in [1.82, 2.24) is 0 Å². The Morgan fingerprint density at radius 3 is 3.00 bits per heavy atom. The van der Waals surface area contributed by atoms with E-state index in [1.165, 1.54) is 18.4 Å². The molecule has 2 heteroatoms. The molecule has 0 radical (unpaired) electrons. The summed E-state index contributed by atoms with van der Waals surface area (Å²) in [5.74, 6) is 0.939. The molecule has 0 aliphatic heterocycles. The van der Waals surface area contributed by atoms with Crippen LogP contribution in [0.3, 0.4) is 0 Å². The maximum Gasteiger partial charge on any atom is 0.120 e. The van der Waals surface area contributed by atoms with E-state index in [-0.39, 0.29) is 12.2 Å². The van der Waals surface area contributed by atoms with Crippen LogP contribution < -0.4 is 4.74 Å². The molecule has 1 aromatic carbocycles. The van der Waals surface area contributed by atoms with Crippen LogP contribution >= 0.6 is 0 Å². The largest absolute Gasteiger partial charge is 0.486 e. The highest BCUT2D eigenvalue weighted by Gasteiger charge is 2.20. The molecule has 0 heterocycles. The van der Waals surface area contributed by atoms with Crippen molar-refractivity contribution in [3.63, 3.8) is 0 Å². The Morgan fingerprint density at radius 1 is 1.24 bits per heavy atom. The van der Waals surface area contributed by atoms with E-state index in [2.05, 4.69) is 18.2 Å². The average molecular weight is 230 g/mol. The van der Waals surface area contributed by atoms with E-state index in [0.717, 1.165) is 30.6 Å². The van der Waals surface area contributed by atoms with Crippen molar-refractivity contribution in [3.8, 4) is 5.75 Å². The lowest BCUT2D eigenvalue weighted by Gasteiger charge is -2.19. The van der Waals surface area contributed by atoms with Crippen LogP contribution in [0.15, 0.2) is 30.4 Å². The van der Waals surface area contributed by atoms with E-state index < -0.39 is 0 Å². The van der Waals surface area contributed by atoms with E-state index in [4.69, 9.17) is 4.74 Å². The highest BCUT2D eigenvalue weighted by molar-refractivity contribution is 5.40. The van der Waals surface area contributed by atoms with Crippen molar-refractivity contribution >= 4 is 0 Å². The Kier molecular flexibility index (Phi) is 2.89. The Morgan fingerprint density at radius 2 is 2.18 bits per heavy atom. The summed E-state index contributed by atoms with van der Waals surface area (Å²) in [6.45, 7) is 0. The fourth-order valence-corrected chi connectivity index (χ4v) is 2.70. The van der Waals surface area contributed by atoms with E-state index >= 15 is 0 Å². The van der Waals surface area contributed by atoms with Gasteiger partial charge in [-0.3, -0.25) is 0 Å². The van der Waals surface area contributed by atoms with Gasteiger partial charge in [0.2, 0.25) is 0 Å². The van der Waals surface area contributed by atoms with Gasteiger partial charge in [-0.2, -0.15) is 0 Å². The molecule has 0 amide bonds. The van der Waals surface area contributed by atoms with Gasteiger partial charge in [-0.1, -0.05) is 12.1 Å². The predicted octanol–water partition coefficient (Wildman–Crippen LogP) is 3.15. The summed E-state index contributed by atoms with van der Waals surface area (Å²) in [4.78, 5) is 0. The second-order valence-corrected chi connectivity index (χ2v) is 4.93. The lowest BCUT2D eigenvalue weighted by Crippen LogP contribution is -2.15. The van der Waals surface area contributed by atoms with Gasteiger partial charge in [0.05, 0.1) is 6.10 Å². The van der Waals surface area contributed by atoms with Crippen LogP contribution in [0.1, 0.15) is 42.9 Å². The highest BCUT2D eigenvalue weighted by atomic mass is 16.5. The predicted molar refractivity (Wildman–Crippen MR) is 67.1 cm³/mol. The number of benzene rings is 1. The normalized spacial score (nSPS) is 26.9. The number of hydrogen-bond donors (Lipinski definition) is 1. The lowest BCUT2D eigenvalue weighted by molar-refractivity contribution is 0.180. The van der Waals surface area contributed by atoms with Crippen LogP contribution in [0.2, 0.25) is 0 Å². The standard InChI is InChI=1S/C15H18O2/c16-15-9-6-11-10-13(7-8-14(11)15)17-12-4-2-1-3-5-12/h2,4,7-8,10,12,15-16H,1,3,5-6,9H2/t12?,15-/m0/s1.